The van der Waals surface area contributed by atoms with Crippen LogP contribution in [0.25, 0.3) is 10.9 Å². The zero-order valence-electron chi connectivity index (χ0n) is 34.1. The molecular formula is C45H53N4O7S2Si+. The first-order chi connectivity index (χ1) is 28.1. The molecular weight excluding hydrogens is 801 g/mol. The topological polar surface area (TPSA) is 155 Å². The number of benzene rings is 2. The number of phenols is 1. The van der Waals surface area contributed by atoms with Gasteiger partial charge in [0, 0.05) is 66.5 Å². The van der Waals surface area contributed by atoms with Crippen molar-refractivity contribution in [3.05, 3.63) is 120 Å². The molecule has 3 heterocycles. The van der Waals surface area contributed by atoms with E-state index in [2.05, 4.69) is 54.5 Å². The summed E-state index contributed by atoms with van der Waals surface area (Å²) in [6.07, 6.45) is 1.85. The summed E-state index contributed by atoms with van der Waals surface area (Å²) >= 11 is 2.69. The summed E-state index contributed by atoms with van der Waals surface area (Å²) in [6.45, 7) is 11.1. The predicted molar refractivity (Wildman–Crippen MR) is 233 cm³/mol. The Bertz CT molecular complexity index is 2330. The van der Waals surface area contributed by atoms with E-state index >= 15 is 0 Å². The number of aliphatic hydroxyl groups is 2. The van der Waals surface area contributed by atoms with E-state index in [4.69, 9.17) is 4.74 Å². The minimum atomic E-state index is -1.81. The molecule has 5 aromatic rings. The van der Waals surface area contributed by atoms with Crippen molar-refractivity contribution in [1.82, 2.24) is 20.1 Å². The first kappa shape index (κ1) is 41.6. The van der Waals surface area contributed by atoms with Crippen molar-refractivity contribution in [2.24, 2.45) is 17.3 Å². The van der Waals surface area contributed by atoms with Crippen molar-refractivity contribution < 1.29 is 29.6 Å². The van der Waals surface area contributed by atoms with Crippen LogP contribution in [0.5, 0.6) is 5.75 Å². The summed E-state index contributed by atoms with van der Waals surface area (Å²) in [7, 11) is 1.23. The number of aromatic nitrogens is 1. The number of hydrogen-bond acceptors (Lipinski definition) is 11. The highest BCUT2D eigenvalue weighted by Gasteiger charge is 2.86. The Kier molecular flexibility index (Phi) is 11.3. The van der Waals surface area contributed by atoms with Gasteiger partial charge in [0.2, 0.25) is 11.2 Å². The number of pyridine rings is 1. The highest BCUT2D eigenvalue weighted by Crippen LogP contribution is 2.82. The van der Waals surface area contributed by atoms with Gasteiger partial charge in [0.15, 0.2) is 0 Å². The van der Waals surface area contributed by atoms with Crippen molar-refractivity contribution >= 4 is 54.2 Å². The molecule has 14 heteroatoms. The molecule has 3 aliphatic carbocycles. The van der Waals surface area contributed by atoms with Gasteiger partial charge in [-0.1, -0.05) is 30.3 Å². The molecule has 0 bridgehead atoms. The number of fused-ring (bicyclic) bond motifs is 1. The van der Waals surface area contributed by atoms with Gasteiger partial charge < -0.3 is 35.3 Å². The largest absolute Gasteiger partial charge is 0.506 e. The van der Waals surface area contributed by atoms with Crippen LogP contribution in [0.2, 0.25) is 11.6 Å². The molecule has 0 saturated heterocycles. The number of aromatic amines is 1. The van der Waals surface area contributed by atoms with Gasteiger partial charge in [-0.3, -0.25) is 14.5 Å². The monoisotopic (exact) mass is 853 g/mol. The number of nitrogens with one attached hydrogen (secondary N) is 2. The molecule has 1 amide bonds. The highest BCUT2D eigenvalue weighted by atomic mass is 32.1. The minimum absolute atomic E-state index is 0.0428. The Morgan fingerprint density at radius 1 is 1.03 bits per heavy atom. The molecule has 2 aromatic carbocycles. The third kappa shape index (κ3) is 7.62. The number of amides is 1. The number of aliphatic hydroxyl groups excluding tert-OH is 1. The molecule has 0 radical (unpaired) electrons. The average Bonchev–Trinajstić information content (AvgIpc) is 3.56. The van der Waals surface area contributed by atoms with E-state index in [1.54, 1.807) is 24.3 Å². The Hall–Kier alpha value is -4.15. The van der Waals surface area contributed by atoms with Crippen molar-refractivity contribution in [2.45, 2.75) is 75.6 Å². The van der Waals surface area contributed by atoms with Gasteiger partial charge >= 0.3 is 14.8 Å². The maximum absolute atomic E-state index is 13.7. The maximum Gasteiger partial charge on any atom is 0.349 e. The summed E-state index contributed by atoms with van der Waals surface area (Å²) in [5.41, 5.74) is 0.566. The lowest BCUT2D eigenvalue weighted by Gasteiger charge is -2.52. The highest BCUT2D eigenvalue weighted by molar-refractivity contribution is 7.12. The van der Waals surface area contributed by atoms with Crippen LogP contribution in [0.15, 0.2) is 88.4 Å². The van der Waals surface area contributed by atoms with Crippen molar-refractivity contribution in [2.75, 3.05) is 32.8 Å². The summed E-state index contributed by atoms with van der Waals surface area (Å²) in [5.74, 6) is -0.265. The number of carbonyl (C=O) groups is 2. The number of aromatic hydroxyl groups is 1. The first-order valence-electron chi connectivity index (χ1n) is 20.3. The van der Waals surface area contributed by atoms with Crippen LogP contribution in [0.4, 0.5) is 0 Å². The molecule has 3 saturated carbocycles. The van der Waals surface area contributed by atoms with Crippen LogP contribution in [0.3, 0.4) is 0 Å². The number of nitrogens with zero attached hydrogens (tertiary/aromatic N) is 2. The second kappa shape index (κ2) is 16.0. The van der Waals surface area contributed by atoms with Crippen molar-refractivity contribution in [3.63, 3.8) is 0 Å². The minimum Gasteiger partial charge on any atom is -0.506 e. The molecule has 59 heavy (non-hydrogen) atoms. The lowest BCUT2D eigenvalue weighted by molar-refractivity contribution is -0.192. The fourth-order valence-corrected chi connectivity index (χ4v) is 12.7. The zero-order chi connectivity index (χ0) is 41.9. The van der Waals surface area contributed by atoms with E-state index in [1.165, 1.54) is 34.8 Å². The summed E-state index contributed by atoms with van der Waals surface area (Å²) in [5, 5.41) is 41.2. The van der Waals surface area contributed by atoms with Gasteiger partial charge in [-0.2, -0.15) is 0 Å². The van der Waals surface area contributed by atoms with E-state index in [1.807, 2.05) is 47.2 Å². The third-order valence-corrected chi connectivity index (χ3v) is 18.8. The Morgan fingerprint density at radius 2 is 1.73 bits per heavy atom. The van der Waals surface area contributed by atoms with E-state index in [-0.39, 0.29) is 45.7 Å². The molecule has 3 aliphatic rings. The normalized spacial score (nSPS) is 22.6. The summed E-state index contributed by atoms with van der Waals surface area (Å²) in [6, 6.07) is 21.4. The van der Waals surface area contributed by atoms with Gasteiger partial charge in [-0.15, -0.1) is 22.7 Å². The standard InChI is InChI=1S/C45H52N4O7S2Si/c1-43(2,3)59(5)26-49(25-33(51)29-14-16-32(50)38-30(29)15-17-36(52)47-38)24-27-10-12-28(13-11-27)41(53)46-20-21-48(4)40-37-39(31-18-19-44(31,37)40)56-42(54)45(55,34-8-6-22-57-34)35-9-7-23-58-35/h6-17,22-23,31,33,37,39-40,51,55H,18-21,24-26H2,1-5H3,(H2-,46,47,50,52,53)/p+1/t31?,33-,37?,39?,40?,44?/m0/s1. The van der Waals surface area contributed by atoms with Gasteiger partial charge in [0.25, 0.3) is 5.91 Å². The molecule has 8 rings (SSSR count). The van der Waals surface area contributed by atoms with Gasteiger partial charge in [-0.25, -0.2) is 4.79 Å². The number of thiophene rings is 2. The van der Waals surface area contributed by atoms with Crippen LogP contribution in [0.1, 0.15) is 71.0 Å². The summed E-state index contributed by atoms with van der Waals surface area (Å²) in [4.78, 5) is 47.3. The molecule has 5 N–H and O–H groups in total. The van der Waals surface area contributed by atoms with Crippen LogP contribution in [0, 0.1) is 17.3 Å². The van der Waals surface area contributed by atoms with Gasteiger partial charge in [0.05, 0.1) is 33.0 Å². The van der Waals surface area contributed by atoms with Crippen LogP contribution < -0.4 is 10.9 Å². The Labute approximate surface area is 354 Å². The van der Waals surface area contributed by atoms with E-state index in [9.17, 15) is 29.7 Å². The quantitative estimate of drug-likeness (QED) is 0.0571. The molecule has 5 unspecified atom stereocenters. The fourth-order valence-electron chi connectivity index (χ4n) is 9.58. The molecule has 11 nitrogen and oxygen atoms in total. The number of likely N-dealkylation sites (N-methyl/N-ethyl adjacent to an activating group) is 1. The Balaban J connectivity index is 0.859. The maximum atomic E-state index is 13.7. The SMILES string of the molecule is CN(CCNC(=O)c1ccc(CN(C[C@H](O)c2ccc(O)c3[nH]c(=O)ccc23)C[Si+](C)C(C)(C)C)cc1)C1C2C(OC(=O)C(O)(c3cccs3)c3cccs3)C3CCC321. The zero-order valence-corrected chi connectivity index (χ0v) is 36.7. The van der Waals surface area contributed by atoms with Crippen molar-refractivity contribution in [1.29, 1.82) is 0 Å². The van der Waals surface area contributed by atoms with E-state index in [0.29, 0.717) is 63.9 Å². The van der Waals surface area contributed by atoms with E-state index in [0.717, 1.165) is 24.6 Å². The lowest BCUT2D eigenvalue weighted by Crippen LogP contribution is -2.54. The van der Waals surface area contributed by atoms with E-state index < -0.39 is 26.5 Å². The number of carbonyl (C=O) groups excluding carboxylic acids is 2. The third-order valence-electron chi connectivity index (χ3n) is 13.3. The first-order valence-corrected chi connectivity index (χ1v) is 24.3. The smallest absolute Gasteiger partial charge is 0.349 e. The molecule has 1 spiro atoms. The number of esters is 1. The number of rotatable bonds is 16. The molecule has 310 valence electrons. The molecule has 0 aliphatic heterocycles. The second-order valence-electron chi connectivity index (χ2n) is 17.7. The van der Waals surface area contributed by atoms with Crippen LogP contribution >= 0.6 is 22.7 Å². The van der Waals surface area contributed by atoms with Crippen molar-refractivity contribution in [3.8, 4) is 5.75 Å². The Morgan fingerprint density at radius 3 is 2.34 bits per heavy atom. The average molecular weight is 854 g/mol. The van der Waals surface area contributed by atoms with Crippen LogP contribution in [-0.2, 0) is 21.7 Å². The molecule has 3 fully saturated rings. The van der Waals surface area contributed by atoms with Gasteiger partial charge in [-0.05, 0) is 98.9 Å². The summed E-state index contributed by atoms with van der Waals surface area (Å²) < 4.78 is 6.19. The number of hydrogen-bond donors (Lipinski definition) is 5. The van der Waals surface area contributed by atoms with Gasteiger partial charge in [0.1, 0.15) is 18.0 Å². The molecule has 3 aromatic heterocycles. The van der Waals surface area contributed by atoms with Crippen LogP contribution in [-0.4, -0.2) is 95.8 Å². The lowest BCUT2D eigenvalue weighted by atomic mass is 9.56. The number of H-pyrrole nitrogens is 1. The predicted octanol–water partition coefficient (Wildman–Crippen LogP) is 6.27. The number of phenolic OH excluding ortho intramolecular Hbond substituents is 1. The second-order valence-corrected chi connectivity index (χ2v) is 23.0. The number of ether oxygens (including phenoxy) is 1. The molecule has 6 atom stereocenters. The fraction of sp³-hybridized carbons (Fsp3) is 0.444.